The Morgan fingerprint density at radius 3 is 2.17 bits per heavy atom. The molecular weight excluding hydrogens is 224 g/mol. The average Bonchev–Trinajstić information content (AvgIpc) is 2.40. The van der Waals surface area contributed by atoms with Gasteiger partial charge in [0.1, 0.15) is 0 Å². The summed E-state index contributed by atoms with van der Waals surface area (Å²) in [4.78, 5) is 14.6. The molecular formula is C15H28N2O. The van der Waals surface area contributed by atoms with Crippen molar-refractivity contribution in [3.8, 4) is 0 Å². The van der Waals surface area contributed by atoms with Gasteiger partial charge in [0.2, 0.25) is 5.91 Å². The number of nitrogens with zero attached hydrogens (tertiary/aromatic N) is 1. The Balaban J connectivity index is 1.95. The maximum atomic E-state index is 12.6. The van der Waals surface area contributed by atoms with E-state index in [1.54, 1.807) is 0 Å². The molecule has 0 bridgehead atoms. The first kappa shape index (κ1) is 13.9. The second-order valence-electron chi connectivity index (χ2n) is 6.67. The molecule has 1 amide bonds. The molecule has 1 aliphatic carbocycles. The van der Waals surface area contributed by atoms with Gasteiger partial charge in [-0.1, -0.05) is 39.5 Å². The first-order chi connectivity index (χ1) is 8.49. The number of nitrogens with two attached hydrogens (primary N) is 1. The quantitative estimate of drug-likeness (QED) is 0.821. The van der Waals surface area contributed by atoms with E-state index < -0.39 is 5.54 Å². The second kappa shape index (κ2) is 5.20. The van der Waals surface area contributed by atoms with Crippen LogP contribution in [0.5, 0.6) is 0 Å². The molecule has 0 unspecified atom stereocenters. The largest absolute Gasteiger partial charge is 0.341 e. The van der Waals surface area contributed by atoms with Gasteiger partial charge in [0.15, 0.2) is 0 Å². The van der Waals surface area contributed by atoms with Crippen LogP contribution in [0.1, 0.15) is 65.2 Å². The fourth-order valence-corrected chi connectivity index (χ4v) is 3.31. The lowest BCUT2D eigenvalue weighted by atomic mass is 9.76. The Labute approximate surface area is 111 Å². The predicted octanol–water partition coefficient (Wildman–Crippen LogP) is 2.69. The number of carbonyl (C=O) groups excluding carboxylic acids is 1. The molecule has 1 aliphatic heterocycles. The highest BCUT2D eigenvalue weighted by Crippen LogP contribution is 2.35. The molecule has 0 radical (unpaired) electrons. The molecule has 1 saturated carbocycles. The summed E-state index contributed by atoms with van der Waals surface area (Å²) in [7, 11) is 0. The Morgan fingerprint density at radius 1 is 1.11 bits per heavy atom. The third-order valence-electron chi connectivity index (χ3n) is 5.28. The van der Waals surface area contributed by atoms with Crippen molar-refractivity contribution in [1.82, 2.24) is 4.90 Å². The third kappa shape index (κ3) is 2.71. The minimum absolute atomic E-state index is 0.223. The van der Waals surface area contributed by atoms with Crippen LogP contribution in [0, 0.1) is 5.41 Å². The van der Waals surface area contributed by atoms with E-state index in [4.69, 9.17) is 5.73 Å². The van der Waals surface area contributed by atoms with Crippen LogP contribution < -0.4 is 5.73 Å². The van der Waals surface area contributed by atoms with E-state index in [1.807, 2.05) is 4.90 Å². The van der Waals surface area contributed by atoms with Crippen molar-refractivity contribution >= 4 is 5.91 Å². The molecule has 2 aliphatic rings. The van der Waals surface area contributed by atoms with Crippen LogP contribution in [0.25, 0.3) is 0 Å². The highest BCUT2D eigenvalue weighted by molar-refractivity contribution is 5.86. The minimum Gasteiger partial charge on any atom is -0.341 e. The standard InChI is InChI=1S/C15H28N2O/c1-3-14(2)9-11-17(12-10-14)13(18)15(16)7-5-4-6-8-15/h3-12,16H2,1-2H3. The van der Waals surface area contributed by atoms with Gasteiger partial charge in [-0.2, -0.15) is 0 Å². The van der Waals surface area contributed by atoms with E-state index in [1.165, 1.54) is 12.8 Å². The molecule has 2 rings (SSSR count). The van der Waals surface area contributed by atoms with Gasteiger partial charge in [0.25, 0.3) is 0 Å². The van der Waals surface area contributed by atoms with Gasteiger partial charge in [-0.15, -0.1) is 0 Å². The van der Waals surface area contributed by atoms with Crippen LogP contribution in [0.4, 0.5) is 0 Å². The van der Waals surface area contributed by atoms with Crippen LogP contribution in [-0.2, 0) is 4.79 Å². The fraction of sp³-hybridized carbons (Fsp3) is 0.933. The van der Waals surface area contributed by atoms with Gasteiger partial charge in [0.05, 0.1) is 5.54 Å². The smallest absolute Gasteiger partial charge is 0.242 e. The Morgan fingerprint density at radius 2 is 1.67 bits per heavy atom. The summed E-state index contributed by atoms with van der Waals surface area (Å²) in [5.74, 6) is 0.223. The maximum Gasteiger partial charge on any atom is 0.242 e. The Hall–Kier alpha value is -0.570. The number of piperidine rings is 1. The van der Waals surface area contributed by atoms with Gasteiger partial charge in [-0.05, 0) is 31.1 Å². The van der Waals surface area contributed by atoms with Gasteiger partial charge in [-0.3, -0.25) is 4.79 Å². The molecule has 18 heavy (non-hydrogen) atoms. The molecule has 2 fully saturated rings. The molecule has 0 atom stereocenters. The van der Waals surface area contributed by atoms with Crippen molar-refractivity contribution in [3.63, 3.8) is 0 Å². The molecule has 0 aromatic rings. The first-order valence-corrected chi connectivity index (χ1v) is 7.57. The zero-order chi connectivity index (χ0) is 13.2. The molecule has 1 saturated heterocycles. The number of likely N-dealkylation sites (tertiary alicyclic amines) is 1. The van der Waals surface area contributed by atoms with E-state index in [2.05, 4.69) is 13.8 Å². The van der Waals surface area contributed by atoms with Gasteiger partial charge in [-0.25, -0.2) is 0 Å². The summed E-state index contributed by atoms with van der Waals surface area (Å²) in [5, 5.41) is 0. The predicted molar refractivity (Wildman–Crippen MR) is 74.2 cm³/mol. The monoisotopic (exact) mass is 252 g/mol. The zero-order valence-corrected chi connectivity index (χ0v) is 12.0. The molecule has 2 N–H and O–H groups in total. The first-order valence-electron chi connectivity index (χ1n) is 7.57. The number of rotatable bonds is 2. The maximum absolute atomic E-state index is 12.6. The van der Waals surface area contributed by atoms with Crippen molar-refractivity contribution < 1.29 is 4.79 Å². The summed E-state index contributed by atoms with van der Waals surface area (Å²) >= 11 is 0. The van der Waals surface area contributed by atoms with Crippen LogP contribution in [0.2, 0.25) is 0 Å². The van der Waals surface area contributed by atoms with Crippen LogP contribution in [0.3, 0.4) is 0 Å². The summed E-state index contributed by atoms with van der Waals surface area (Å²) in [5.41, 5.74) is 6.23. The average molecular weight is 252 g/mol. The van der Waals surface area contributed by atoms with Crippen LogP contribution in [-0.4, -0.2) is 29.4 Å². The zero-order valence-electron chi connectivity index (χ0n) is 12.0. The van der Waals surface area contributed by atoms with Gasteiger partial charge in [0, 0.05) is 13.1 Å². The highest BCUT2D eigenvalue weighted by Gasteiger charge is 2.40. The summed E-state index contributed by atoms with van der Waals surface area (Å²) < 4.78 is 0. The van der Waals surface area contributed by atoms with E-state index in [0.717, 1.165) is 51.6 Å². The SMILES string of the molecule is CCC1(C)CCN(C(=O)C2(N)CCCCC2)CC1. The summed E-state index contributed by atoms with van der Waals surface area (Å²) in [6, 6.07) is 0. The molecule has 3 heteroatoms. The van der Waals surface area contributed by atoms with Crippen molar-refractivity contribution in [2.75, 3.05) is 13.1 Å². The molecule has 1 heterocycles. The topological polar surface area (TPSA) is 46.3 Å². The Kier molecular flexibility index (Phi) is 4.00. The highest BCUT2D eigenvalue weighted by atomic mass is 16.2. The van der Waals surface area contributed by atoms with Crippen molar-refractivity contribution in [2.24, 2.45) is 11.1 Å². The minimum atomic E-state index is -0.543. The fourth-order valence-electron chi connectivity index (χ4n) is 3.31. The second-order valence-corrected chi connectivity index (χ2v) is 6.67. The number of hydrogen-bond acceptors (Lipinski definition) is 2. The lowest BCUT2D eigenvalue weighted by Crippen LogP contribution is -2.58. The van der Waals surface area contributed by atoms with E-state index in [0.29, 0.717) is 5.41 Å². The van der Waals surface area contributed by atoms with Crippen molar-refractivity contribution in [1.29, 1.82) is 0 Å². The van der Waals surface area contributed by atoms with Crippen LogP contribution >= 0.6 is 0 Å². The third-order valence-corrected chi connectivity index (χ3v) is 5.28. The normalized spacial score (nSPS) is 26.9. The van der Waals surface area contributed by atoms with E-state index in [9.17, 15) is 4.79 Å². The van der Waals surface area contributed by atoms with E-state index in [-0.39, 0.29) is 5.91 Å². The molecule has 0 aromatic heterocycles. The lowest BCUT2D eigenvalue weighted by Gasteiger charge is -2.43. The Bertz CT molecular complexity index is 300. The van der Waals surface area contributed by atoms with Crippen LogP contribution in [0.15, 0.2) is 0 Å². The number of hydrogen-bond donors (Lipinski definition) is 1. The van der Waals surface area contributed by atoms with Gasteiger partial charge < -0.3 is 10.6 Å². The number of carbonyl (C=O) groups is 1. The summed E-state index contributed by atoms with van der Waals surface area (Å²) in [6.07, 6.45) is 8.70. The van der Waals surface area contributed by atoms with Crippen molar-refractivity contribution in [2.45, 2.75) is 70.8 Å². The molecule has 104 valence electrons. The van der Waals surface area contributed by atoms with Gasteiger partial charge >= 0.3 is 0 Å². The van der Waals surface area contributed by atoms with E-state index >= 15 is 0 Å². The lowest BCUT2D eigenvalue weighted by molar-refractivity contribution is -0.140. The number of amides is 1. The van der Waals surface area contributed by atoms with Crippen molar-refractivity contribution in [3.05, 3.63) is 0 Å². The molecule has 0 spiro atoms. The molecule has 0 aromatic carbocycles. The summed E-state index contributed by atoms with van der Waals surface area (Å²) in [6.45, 7) is 6.40. The molecule has 3 nitrogen and oxygen atoms in total.